The van der Waals surface area contributed by atoms with E-state index in [2.05, 4.69) is 29.8 Å². The Hall–Kier alpha value is -2.95. The number of ether oxygens (including phenoxy) is 1. The number of unbranched alkanes of at least 4 members (excludes halogenated alkanes) is 2. The lowest BCUT2D eigenvalue weighted by molar-refractivity contribution is 0.0704. The molecular formula is C23H28N2O3. The molecule has 0 aliphatic rings. The lowest BCUT2D eigenvalue weighted by Crippen LogP contribution is -2.32. The molecule has 0 aliphatic carbocycles. The molecule has 0 bridgehead atoms. The highest BCUT2D eigenvalue weighted by Gasteiger charge is 2.19. The second-order valence-corrected chi connectivity index (χ2v) is 6.89. The van der Waals surface area contributed by atoms with Crippen LogP contribution in [-0.2, 0) is 13.1 Å². The van der Waals surface area contributed by atoms with Gasteiger partial charge in [-0.1, -0.05) is 31.9 Å². The van der Waals surface area contributed by atoms with Crippen LogP contribution in [0.1, 0.15) is 48.0 Å². The highest BCUT2D eigenvalue weighted by atomic mass is 16.5. The Morgan fingerprint density at radius 1 is 1.14 bits per heavy atom. The maximum absolute atomic E-state index is 12.9. The SMILES string of the molecule is CCCCCN(Cc1cccn1Cc1cccc(OC)c1)C(=O)c1ccco1. The summed E-state index contributed by atoms with van der Waals surface area (Å²) in [6.45, 7) is 4.17. The molecule has 2 heterocycles. The molecule has 148 valence electrons. The van der Waals surface area contributed by atoms with Gasteiger partial charge >= 0.3 is 0 Å². The summed E-state index contributed by atoms with van der Waals surface area (Å²) in [7, 11) is 1.68. The van der Waals surface area contributed by atoms with Crippen molar-refractivity contribution in [2.45, 2.75) is 39.3 Å². The van der Waals surface area contributed by atoms with Gasteiger partial charge in [-0.25, -0.2) is 0 Å². The van der Waals surface area contributed by atoms with Gasteiger partial charge in [0.05, 0.1) is 19.9 Å². The fourth-order valence-corrected chi connectivity index (χ4v) is 3.27. The smallest absolute Gasteiger partial charge is 0.289 e. The van der Waals surface area contributed by atoms with Crippen LogP contribution in [0.5, 0.6) is 5.75 Å². The van der Waals surface area contributed by atoms with Gasteiger partial charge < -0.3 is 18.6 Å². The third-order valence-electron chi connectivity index (χ3n) is 4.81. The van der Waals surface area contributed by atoms with Gasteiger partial charge in [-0.2, -0.15) is 0 Å². The van der Waals surface area contributed by atoms with Crippen LogP contribution in [0.25, 0.3) is 0 Å². The average molecular weight is 380 g/mol. The Kier molecular flexibility index (Phi) is 6.95. The minimum absolute atomic E-state index is 0.0600. The molecule has 0 atom stereocenters. The predicted octanol–water partition coefficient (Wildman–Crippen LogP) is 4.97. The highest BCUT2D eigenvalue weighted by molar-refractivity contribution is 5.91. The first-order valence-corrected chi connectivity index (χ1v) is 9.81. The van der Waals surface area contributed by atoms with Gasteiger partial charge in [0.15, 0.2) is 5.76 Å². The minimum Gasteiger partial charge on any atom is -0.497 e. The molecule has 0 spiro atoms. The summed E-state index contributed by atoms with van der Waals surface area (Å²) in [5.74, 6) is 1.18. The number of aromatic nitrogens is 1. The summed E-state index contributed by atoms with van der Waals surface area (Å²) in [5, 5.41) is 0. The van der Waals surface area contributed by atoms with Gasteiger partial charge in [-0.15, -0.1) is 0 Å². The van der Waals surface area contributed by atoms with E-state index in [4.69, 9.17) is 9.15 Å². The van der Waals surface area contributed by atoms with Gasteiger partial charge in [-0.05, 0) is 48.4 Å². The summed E-state index contributed by atoms with van der Waals surface area (Å²) in [6, 6.07) is 15.6. The van der Waals surface area contributed by atoms with Crippen molar-refractivity contribution in [1.82, 2.24) is 9.47 Å². The van der Waals surface area contributed by atoms with Gasteiger partial charge in [0.1, 0.15) is 5.75 Å². The number of nitrogens with zero attached hydrogens (tertiary/aromatic N) is 2. The van der Waals surface area contributed by atoms with E-state index < -0.39 is 0 Å². The highest BCUT2D eigenvalue weighted by Crippen LogP contribution is 2.17. The predicted molar refractivity (Wildman–Crippen MR) is 110 cm³/mol. The van der Waals surface area contributed by atoms with E-state index in [9.17, 15) is 4.79 Å². The quantitative estimate of drug-likeness (QED) is 0.467. The fraction of sp³-hybridized carbons (Fsp3) is 0.348. The Morgan fingerprint density at radius 2 is 2.04 bits per heavy atom. The molecule has 0 saturated carbocycles. The van der Waals surface area contributed by atoms with E-state index in [1.807, 2.05) is 29.2 Å². The summed E-state index contributed by atoms with van der Waals surface area (Å²) in [5.41, 5.74) is 2.26. The lowest BCUT2D eigenvalue weighted by atomic mass is 10.2. The van der Waals surface area contributed by atoms with E-state index in [1.165, 1.54) is 0 Å². The van der Waals surface area contributed by atoms with Crippen LogP contribution in [0.3, 0.4) is 0 Å². The fourth-order valence-electron chi connectivity index (χ4n) is 3.27. The topological polar surface area (TPSA) is 47.6 Å². The molecule has 3 rings (SSSR count). The van der Waals surface area contributed by atoms with E-state index in [0.29, 0.717) is 12.3 Å². The zero-order valence-electron chi connectivity index (χ0n) is 16.6. The van der Waals surface area contributed by atoms with Gasteiger partial charge in [0, 0.05) is 25.0 Å². The molecule has 28 heavy (non-hydrogen) atoms. The molecule has 3 aromatic rings. The summed E-state index contributed by atoms with van der Waals surface area (Å²) >= 11 is 0. The number of furan rings is 1. The van der Waals surface area contributed by atoms with Crippen LogP contribution in [-0.4, -0.2) is 29.0 Å². The molecule has 0 N–H and O–H groups in total. The molecule has 2 aromatic heterocycles. The minimum atomic E-state index is -0.0600. The monoisotopic (exact) mass is 380 g/mol. The molecule has 1 amide bonds. The van der Waals surface area contributed by atoms with Crippen molar-refractivity contribution in [3.63, 3.8) is 0 Å². The first kappa shape index (κ1) is 19.8. The van der Waals surface area contributed by atoms with Gasteiger partial charge in [0.25, 0.3) is 5.91 Å². The van der Waals surface area contributed by atoms with Crippen molar-refractivity contribution >= 4 is 5.91 Å². The largest absolute Gasteiger partial charge is 0.497 e. The number of benzene rings is 1. The molecule has 1 aromatic carbocycles. The number of hydrogen-bond donors (Lipinski definition) is 0. The van der Waals surface area contributed by atoms with Crippen molar-refractivity contribution in [2.75, 3.05) is 13.7 Å². The van der Waals surface area contributed by atoms with Crippen molar-refractivity contribution in [3.05, 3.63) is 78.0 Å². The second kappa shape index (κ2) is 9.83. The molecule has 0 aliphatic heterocycles. The Bertz CT molecular complexity index is 868. The van der Waals surface area contributed by atoms with E-state index in [-0.39, 0.29) is 5.91 Å². The number of hydrogen-bond acceptors (Lipinski definition) is 3. The Morgan fingerprint density at radius 3 is 2.79 bits per heavy atom. The third-order valence-corrected chi connectivity index (χ3v) is 4.81. The second-order valence-electron chi connectivity index (χ2n) is 6.89. The molecule has 0 fully saturated rings. The molecule has 5 nitrogen and oxygen atoms in total. The molecular weight excluding hydrogens is 352 g/mol. The molecule has 0 saturated heterocycles. The van der Waals surface area contributed by atoms with Crippen LogP contribution in [0.15, 0.2) is 65.4 Å². The standard InChI is InChI=1S/C23H28N2O3/c1-3-4-5-13-25(23(26)22-12-8-15-28-22)18-20-10-7-14-24(20)17-19-9-6-11-21(16-19)27-2/h6-12,14-16H,3-5,13,17-18H2,1-2H3. The van der Waals surface area contributed by atoms with Crippen LogP contribution >= 0.6 is 0 Å². The van der Waals surface area contributed by atoms with Crippen LogP contribution in [0.2, 0.25) is 0 Å². The van der Waals surface area contributed by atoms with Gasteiger partial charge in [-0.3, -0.25) is 4.79 Å². The number of amides is 1. The van der Waals surface area contributed by atoms with Crippen LogP contribution in [0.4, 0.5) is 0 Å². The third kappa shape index (κ3) is 5.06. The first-order chi connectivity index (χ1) is 13.7. The number of rotatable bonds is 10. The summed E-state index contributed by atoms with van der Waals surface area (Å²) in [6.07, 6.45) is 6.81. The number of carbonyl (C=O) groups is 1. The first-order valence-electron chi connectivity index (χ1n) is 9.81. The normalized spacial score (nSPS) is 10.8. The zero-order chi connectivity index (χ0) is 19.8. The summed E-state index contributed by atoms with van der Waals surface area (Å²) in [4.78, 5) is 14.8. The lowest BCUT2D eigenvalue weighted by Gasteiger charge is -2.23. The Balaban J connectivity index is 1.75. The van der Waals surface area contributed by atoms with Crippen molar-refractivity contribution in [3.8, 4) is 5.75 Å². The van der Waals surface area contributed by atoms with Crippen molar-refractivity contribution < 1.29 is 13.9 Å². The van der Waals surface area contributed by atoms with Crippen molar-refractivity contribution in [2.24, 2.45) is 0 Å². The van der Waals surface area contributed by atoms with E-state index >= 15 is 0 Å². The maximum atomic E-state index is 12.9. The van der Waals surface area contributed by atoms with E-state index in [1.54, 1.807) is 25.5 Å². The van der Waals surface area contributed by atoms with Gasteiger partial charge in [0.2, 0.25) is 0 Å². The van der Waals surface area contributed by atoms with Crippen LogP contribution < -0.4 is 4.74 Å². The van der Waals surface area contributed by atoms with E-state index in [0.717, 1.165) is 49.4 Å². The average Bonchev–Trinajstić information content (AvgIpc) is 3.39. The zero-order valence-corrected chi connectivity index (χ0v) is 16.6. The van der Waals surface area contributed by atoms with Crippen LogP contribution in [0, 0.1) is 0 Å². The van der Waals surface area contributed by atoms with Crippen molar-refractivity contribution in [1.29, 1.82) is 0 Å². The number of methoxy groups -OCH3 is 1. The number of carbonyl (C=O) groups excluding carboxylic acids is 1. The molecule has 5 heteroatoms. The molecule has 0 unspecified atom stereocenters. The Labute approximate surface area is 166 Å². The molecule has 0 radical (unpaired) electrons. The summed E-state index contributed by atoms with van der Waals surface area (Å²) < 4.78 is 12.8. The maximum Gasteiger partial charge on any atom is 0.289 e.